The number of anilines is 1. The summed E-state index contributed by atoms with van der Waals surface area (Å²) in [5.74, 6) is -0.598. The molecule has 0 fully saturated rings. The van der Waals surface area contributed by atoms with Crippen molar-refractivity contribution < 1.29 is 7.54 Å². The molecule has 0 atom stereocenters. The minimum absolute atomic E-state index is 0.162. The van der Waals surface area contributed by atoms with Crippen LogP contribution in [0.5, 0.6) is 0 Å². The fraction of sp³-hybridized carbons (Fsp3) is 0.133. The van der Waals surface area contributed by atoms with E-state index in [1.54, 1.807) is 0 Å². The molecule has 4 heteroatoms. The van der Waals surface area contributed by atoms with Gasteiger partial charge in [0.2, 0.25) is 0 Å². The van der Waals surface area contributed by atoms with Crippen molar-refractivity contribution in [3.8, 4) is 0 Å². The molecule has 3 nitrogen and oxygen atoms in total. The van der Waals surface area contributed by atoms with Crippen LogP contribution in [0.2, 0.25) is 0 Å². The van der Waals surface area contributed by atoms with Crippen molar-refractivity contribution in [3.05, 3.63) is 62.7 Å². The maximum Gasteiger partial charge on any atom is 0.250 e. The predicted molar refractivity (Wildman–Crippen MR) is 84.0 cm³/mol. The number of halogens is 1. The van der Waals surface area contributed by atoms with Crippen LogP contribution >= 0.6 is 22.6 Å². The van der Waals surface area contributed by atoms with Crippen molar-refractivity contribution in [2.24, 2.45) is 5.73 Å². The van der Waals surface area contributed by atoms with Crippen LogP contribution in [0, 0.1) is 3.57 Å². The number of carbonyl (C=O) groups is 1. The monoisotopic (exact) mass is 366 g/mol. The normalized spacial score (nSPS) is 14.9. The summed E-state index contributed by atoms with van der Waals surface area (Å²) in [7, 11) is 0. The molecule has 1 aliphatic rings. The Hall–Kier alpha value is -1.56. The summed E-state index contributed by atoms with van der Waals surface area (Å²) < 4.78 is 16.6. The van der Waals surface area contributed by atoms with Crippen LogP contribution in [0.15, 0.2) is 42.4 Å². The fourth-order valence-electron chi connectivity index (χ4n) is 2.34. The molecule has 0 saturated carbocycles. The van der Waals surface area contributed by atoms with Gasteiger partial charge in [-0.15, -0.1) is 0 Å². The van der Waals surface area contributed by atoms with Gasteiger partial charge in [0, 0.05) is 16.7 Å². The van der Waals surface area contributed by atoms with Gasteiger partial charge < -0.3 is 10.6 Å². The van der Waals surface area contributed by atoms with Crippen LogP contribution in [-0.4, -0.2) is 5.91 Å². The maximum absolute atomic E-state index is 11.7. The number of fused-ring (bicyclic) bond motifs is 1. The van der Waals surface area contributed by atoms with Crippen molar-refractivity contribution in [3.63, 3.8) is 0 Å². The van der Waals surface area contributed by atoms with E-state index in [0.29, 0.717) is 22.3 Å². The Morgan fingerprint density at radius 1 is 1.26 bits per heavy atom. The highest BCUT2D eigenvalue weighted by Crippen LogP contribution is 2.31. The summed E-state index contributed by atoms with van der Waals surface area (Å²) in [6.45, 7) is 1.30. The van der Waals surface area contributed by atoms with Gasteiger partial charge in [-0.2, -0.15) is 0 Å². The lowest BCUT2D eigenvalue weighted by Gasteiger charge is -2.20. The van der Waals surface area contributed by atoms with E-state index in [4.69, 9.17) is 8.48 Å². The predicted octanol–water partition coefficient (Wildman–Crippen LogP) is 2.91. The van der Waals surface area contributed by atoms with Gasteiger partial charge in [0.05, 0.1) is 14.0 Å². The third-order valence-corrected chi connectivity index (χ3v) is 3.83. The first kappa shape index (κ1) is 10.3. The smallest absolute Gasteiger partial charge is 0.250 e. The van der Waals surface area contributed by atoms with Gasteiger partial charge in [-0.05, 0) is 51.9 Å². The van der Waals surface area contributed by atoms with Gasteiger partial charge >= 0.3 is 0 Å². The average Bonchev–Trinajstić information content (AvgIpc) is 2.87. The standard InChI is InChI=1S/C15H13IN2O/c16-12-5-6-13(15(17)19)14(7-12)18-8-10-3-1-2-4-11(10)9-18/h1-7H,8-9H2,(H2,17,19)/i5D,7D. The zero-order chi connectivity index (χ0) is 15.1. The molecule has 1 heterocycles. The van der Waals surface area contributed by atoms with Crippen LogP contribution in [-0.2, 0) is 13.1 Å². The molecule has 19 heavy (non-hydrogen) atoms. The molecule has 0 saturated heterocycles. The quantitative estimate of drug-likeness (QED) is 0.831. The number of amides is 1. The van der Waals surface area contributed by atoms with Gasteiger partial charge in [0.25, 0.3) is 5.91 Å². The first-order valence-electron chi connectivity index (χ1n) is 6.90. The molecule has 2 aromatic carbocycles. The molecule has 0 spiro atoms. The number of nitrogens with two attached hydrogens (primary N) is 1. The molecule has 0 bridgehead atoms. The minimum Gasteiger partial charge on any atom is -0.366 e. The van der Waals surface area contributed by atoms with E-state index in [9.17, 15) is 4.79 Å². The second-order valence-electron chi connectivity index (χ2n) is 4.48. The van der Waals surface area contributed by atoms with Crippen LogP contribution < -0.4 is 10.6 Å². The first-order valence-corrected chi connectivity index (χ1v) is 6.98. The number of hydrogen-bond acceptors (Lipinski definition) is 2. The Labute approximate surface area is 128 Å². The van der Waals surface area contributed by atoms with Crippen LogP contribution in [0.1, 0.15) is 24.2 Å². The number of carbonyl (C=O) groups excluding carboxylic acids is 1. The molecule has 2 aromatic rings. The number of hydrogen-bond donors (Lipinski definition) is 1. The summed E-state index contributed by atoms with van der Waals surface area (Å²) in [6, 6.07) is 9.88. The lowest BCUT2D eigenvalue weighted by atomic mass is 10.1. The lowest BCUT2D eigenvalue weighted by Crippen LogP contribution is -2.21. The molecule has 2 N–H and O–H groups in total. The molecule has 0 aliphatic carbocycles. The Bertz CT molecular complexity index is 724. The number of rotatable bonds is 2. The molecule has 3 rings (SSSR count). The van der Waals surface area contributed by atoms with E-state index in [2.05, 4.69) is 0 Å². The molecule has 1 aliphatic heterocycles. The summed E-state index contributed by atoms with van der Waals surface area (Å²) in [6.07, 6.45) is 0. The first-order chi connectivity index (χ1) is 9.99. The van der Waals surface area contributed by atoms with Gasteiger partial charge in [-0.3, -0.25) is 4.79 Å². The minimum atomic E-state index is -0.598. The van der Waals surface area contributed by atoms with E-state index in [1.165, 1.54) is 17.2 Å². The second-order valence-corrected chi connectivity index (χ2v) is 5.56. The number of benzene rings is 2. The largest absolute Gasteiger partial charge is 0.366 e. The zero-order valence-electron chi connectivity index (χ0n) is 12.1. The Morgan fingerprint density at radius 3 is 2.47 bits per heavy atom. The van der Waals surface area contributed by atoms with Crippen LogP contribution in [0.25, 0.3) is 0 Å². The Balaban J connectivity index is 2.12. The van der Waals surface area contributed by atoms with Crippen molar-refractivity contribution in [2.45, 2.75) is 13.1 Å². The maximum atomic E-state index is 11.7. The molecule has 0 radical (unpaired) electrons. The average molecular weight is 366 g/mol. The SMILES string of the molecule is [2H]c1cc(C(N)=O)c(N2Cc3ccccc3C2)c([2H])c1I. The molecular weight excluding hydrogens is 351 g/mol. The van der Waals surface area contributed by atoms with Crippen molar-refractivity contribution in [2.75, 3.05) is 4.90 Å². The Kier molecular flexibility index (Phi) is 2.62. The topological polar surface area (TPSA) is 46.3 Å². The Morgan fingerprint density at radius 2 is 1.89 bits per heavy atom. The third-order valence-electron chi connectivity index (χ3n) is 3.25. The van der Waals surface area contributed by atoms with E-state index >= 15 is 0 Å². The highest BCUT2D eigenvalue weighted by atomic mass is 127. The van der Waals surface area contributed by atoms with E-state index in [0.717, 1.165) is 0 Å². The van der Waals surface area contributed by atoms with Crippen molar-refractivity contribution >= 4 is 34.2 Å². The van der Waals surface area contributed by atoms with Crippen molar-refractivity contribution in [1.29, 1.82) is 0 Å². The summed E-state index contributed by atoms with van der Waals surface area (Å²) in [4.78, 5) is 13.7. The number of primary amides is 1. The van der Waals surface area contributed by atoms with E-state index in [1.807, 2.05) is 51.8 Å². The number of nitrogens with zero attached hydrogens (tertiary/aromatic N) is 1. The zero-order valence-corrected chi connectivity index (χ0v) is 12.3. The summed E-state index contributed by atoms with van der Waals surface area (Å²) in [5.41, 5.74) is 8.60. The fourth-order valence-corrected chi connectivity index (χ4v) is 2.75. The van der Waals surface area contributed by atoms with Gasteiger partial charge in [-0.1, -0.05) is 24.3 Å². The van der Waals surface area contributed by atoms with E-state index in [-0.39, 0.29) is 17.6 Å². The van der Waals surface area contributed by atoms with Gasteiger partial charge in [-0.25, -0.2) is 0 Å². The summed E-state index contributed by atoms with van der Waals surface area (Å²) >= 11 is 1.97. The lowest BCUT2D eigenvalue weighted by molar-refractivity contribution is 0.100. The van der Waals surface area contributed by atoms with Crippen molar-refractivity contribution in [1.82, 2.24) is 0 Å². The molecule has 0 aromatic heterocycles. The van der Waals surface area contributed by atoms with Crippen LogP contribution in [0.4, 0.5) is 5.69 Å². The molecule has 1 amide bonds. The third kappa shape index (κ3) is 2.32. The van der Waals surface area contributed by atoms with E-state index < -0.39 is 5.91 Å². The molecule has 0 unspecified atom stereocenters. The highest BCUT2D eigenvalue weighted by Gasteiger charge is 2.22. The second kappa shape index (κ2) is 4.85. The molecular formula is C15H13IN2O. The van der Waals surface area contributed by atoms with Gasteiger partial charge in [0.15, 0.2) is 0 Å². The molecule has 96 valence electrons. The summed E-state index contributed by atoms with van der Waals surface area (Å²) in [5, 5.41) is 0. The highest BCUT2D eigenvalue weighted by molar-refractivity contribution is 14.1. The van der Waals surface area contributed by atoms with Gasteiger partial charge in [0.1, 0.15) is 0 Å². The van der Waals surface area contributed by atoms with Crippen LogP contribution in [0.3, 0.4) is 0 Å².